The summed E-state index contributed by atoms with van der Waals surface area (Å²) in [5.41, 5.74) is 3.23. The fourth-order valence-electron chi connectivity index (χ4n) is 2.20. The van der Waals surface area contributed by atoms with Crippen LogP contribution in [0.25, 0.3) is 0 Å². The summed E-state index contributed by atoms with van der Waals surface area (Å²) in [5, 5.41) is 12.3. The lowest BCUT2D eigenvalue weighted by molar-refractivity contribution is 0.0697. The average Bonchev–Trinajstić information content (AvgIpc) is 2.48. The number of aromatic carboxylic acids is 1. The lowest BCUT2D eigenvalue weighted by Gasteiger charge is -2.14. The van der Waals surface area contributed by atoms with Gasteiger partial charge < -0.3 is 15.2 Å². The molecule has 2 rings (SSSR count). The number of aryl methyl sites for hydroxylation is 1. The van der Waals surface area contributed by atoms with Gasteiger partial charge in [-0.25, -0.2) is 4.79 Å². The van der Waals surface area contributed by atoms with E-state index < -0.39 is 5.97 Å². The number of carboxylic acids is 1. The molecule has 2 N–H and O–H groups in total. The van der Waals surface area contributed by atoms with Crippen molar-refractivity contribution in [2.24, 2.45) is 0 Å². The lowest BCUT2D eigenvalue weighted by Crippen LogP contribution is -2.07. The maximum Gasteiger partial charge on any atom is 0.335 e. The summed E-state index contributed by atoms with van der Waals surface area (Å²) in [6.45, 7) is 6.52. The molecule has 0 amide bonds. The summed E-state index contributed by atoms with van der Waals surface area (Å²) in [6.07, 6.45) is 0.130. The Morgan fingerprint density at radius 1 is 1.26 bits per heavy atom. The van der Waals surface area contributed by atoms with Crippen molar-refractivity contribution in [2.75, 3.05) is 5.32 Å². The number of benzene rings is 2. The van der Waals surface area contributed by atoms with Crippen LogP contribution >= 0.6 is 15.9 Å². The van der Waals surface area contributed by atoms with E-state index in [4.69, 9.17) is 9.84 Å². The maximum atomic E-state index is 11.0. The zero-order chi connectivity index (χ0) is 17.0. The van der Waals surface area contributed by atoms with Crippen molar-refractivity contribution < 1.29 is 14.6 Å². The molecular formula is C18H20BrNO3. The first-order chi connectivity index (χ1) is 10.9. The highest BCUT2D eigenvalue weighted by molar-refractivity contribution is 9.10. The van der Waals surface area contributed by atoms with Crippen LogP contribution in [-0.4, -0.2) is 17.2 Å². The molecule has 122 valence electrons. The number of anilines is 1. The largest absolute Gasteiger partial charge is 0.490 e. The highest BCUT2D eigenvalue weighted by Crippen LogP contribution is 2.27. The number of carbonyl (C=O) groups is 1. The van der Waals surface area contributed by atoms with E-state index in [-0.39, 0.29) is 6.10 Å². The SMILES string of the molecule is Cc1cc(C(=O)O)ccc1NCc1ccc(OC(C)C)c(Br)c1. The van der Waals surface area contributed by atoms with Gasteiger partial charge in [-0.2, -0.15) is 0 Å². The van der Waals surface area contributed by atoms with Gasteiger partial charge in [0.2, 0.25) is 0 Å². The Bertz CT molecular complexity index is 713. The van der Waals surface area contributed by atoms with Crippen LogP contribution in [0.1, 0.15) is 35.3 Å². The number of hydrogen-bond donors (Lipinski definition) is 2. The zero-order valence-electron chi connectivity index (χ0n) is 13.4. The normalized spacial score (nSPS) is 10.7. The number of hydrogen-bond acceptors (Lipinski definition) is 3. The van der Waals surface area contributed by atoms with Crippen LogP contribution in [0.3, 0.4) is 0 Å². The van der Waals surface area contributed by atoms with Gasteiger partial charge in [-0.3, -0.25) is 0 Å². The molecule has 0 unspecified atom stereocenters. The first kappa shape index (κ1) is 17.3. The first-order valence-corrected chi connectivity index (χ1v) is 8.19. The number of nitrogens with one attached hydrogen (secondary N) is 1. The fourth-order valence-corrected chi connectivity index (χ4v) is 2.72. The summed E-state index contributed by atoms with van der Waals surface area (Å²) in [7, 11) is 0. The molecule has 0 fully saturated rings. The van der Waals surface area contributed by atoms with Crippen LogP contribution in [-0.2, 0) is 6.54 Å². The second kappa shape index (κ2) is 7.51. The molecule has 0 aliphatic heterocycles. The maximum absolute atomic E-state index is 11.0. The molecule has 0 aliphatic carbocycles. The molecule has 2 aromatic rings. The third-order valence-electron chi connectivity index (χ3n) is 3.32. The van der Waals surface area contributed by atoms with Crippen molar-refractivity contribution >= 4 is 27.6 Å². The standard InChI is InChI=1S/C18H20BrNO3/c1-11(2)23-17-7-4-13(9-15(17)19)10-20-16-6-5-14(18(21)22)8-12(16)3/h4-9,11,20H,10H2,1-3H3,(H,21,22). The van der Waals surface area contributed by atoms with Gasteiger partial charge in [0.15, 0.2) is 0 Å². The van der Waals surface area contributed by atoms with Gasteiger partial charge in [-0.15, -0.1) is 0 Å². The monoisotopic (exact) mass is 377 g/mol. The Kier molecular flexibility index (Phi) is 5.66. The van der Waals surface area contributed by atoms with Gasteiger partial charge in [0, 0.05) is 12.2 Å². The average molecular weight is 378 g/mol. The van der Waals surface area contributed by atoms with Crippen LogP contribution in [0.5, 0.6) is 5.75 Å². The quantitative estimate of drug-likeness (QED) is 0.754. The van der Waals surface area contributed by atoms with E-state index in [0.29, 0.717) is 12.1 Å². The summed E-state index contributed by atoms with van der Waals surface area (Å²) in [5.74, 6) is -0.0879. The van der Waals surface area contributed by atoms with Gasteiger partial charge in [0.25, 0.3) is 0 Å². The highest BCUT2D eigenvalue weighted by Gasteiger charge is 2.07. The summed E-state index contributed by atoms with van der Waals surface area (Å²) in [6, 6.07) is 11.0. The molecule has 0 saturated heterocycles. The molecule has 0 atom stereocenters. The number of halogens is 1. The summed E-state index contributed by atoms with van der Waals surface area (Å²) in [4.78, 5) is 11.0. The smallest absolute Gasteiger partial charge is 0.335 e. The van der Waals surface area contributed by atoms with E-state index in [9.17, 15) is 4.79 Å². The number of carboxylic acid groups (broad SMARTS) is 1. The van der Waals surface area contributed by atoms with E-state index in [2.05, 4.69) is 21.2 Å². The minimum absolute atomic E-state index is 0.130. The van der Waals surface area contributed by atoms with E-state index >= 15 is 0 Å². The predicted molar refractivity (Wildman–Crippen MR) is 95.4 cm³/mol. The third-order valence-corrected chi connectivity index (χ3v) is 3.93. The molecule has 23 heavy (non-hydrogen) atoms. The van der Waals surface area contributed by atoms with Gasteiger partial charge in [-0.05, 0) is 78.2 Å². The Morgan fingerprint density at radius 3 is 2.57 bits per heavy atom. The van der Waals surface area contributed by atoms with E-state index in [1.165, 1.54) is 0 Å². The molecule has 0 spiro atoms. The van der Waals surface area contributed by atoms with Crippen molar-refractivity contribution in [1.82, 2.24) is 0 Å². The lowest BCUT2D eigenvalue weighted by atomic mass is 10.1. The summed E-state index contributed by atoms with van der Waals surface area (Å²) >= 11 is 3.52. The van der Waals surface area contributed by atoms with Crippen molar-refractivity contribution in [2.45, 2.75) is 33.4 Å². The molecular weight excluding hydrogens is 358 g/mol. The van der Waals surface area contributed by atoms with E-state index in [0.717, 1.165) is 27.0 Å². The molecule has 0 bridgehead atoms. The zero-order valence-corrected chi connectivity index (χ0v) is 15.0. The van der Waals surface area contributed by atoms with Gasteiger partial charge in [-0.1, -0.05) is 6.07 Å². The van der Waals surface area contributed by atoms with E-state index in [1.54, 1.807) is 18.2 Å². The second-order valence-corrected chi connectivity index (χ2v) is 6.47. The van der Waals surface area contributed by atoms with Gasteiger partial charge >= 0.3 is 5.97 Å². The highest BCUT2D eigenvalue weighted by atomic mass is 79.9. The topological polar surface area (TPSA) is 58.6 Å². The van der Waals surface area contributed by atoms with Crippen molar-refractivity contribution in [3.8, 4) is 5.75 Å². The first-order valence-electron chi connectivity index (χ1n) is 7.39. The van der Waals surface area contributed by atoms with Crippen molar-refractivity contribution in [1.29, 1.82) is 0 Å². The molecule has 0 saturated carbocycles. The minimum Gasteiger partial charge on any atom is -0.490 e. The molecule has 0 heterocycles. The molecule has 0 radical (unpaired) electrons. The van der Waals surface area contributed by atoms with Crippen LogP contribution in [0.2, 0.25) is 0 Å². The Balaban J connectivity index is 2.06. The second-order valence-electron chi connectivity index (χ2n) is 5.62. The van der Waals surface area contributed by atoms with Crippen LogP contribution < -0.4 is 10.1 Å². The molecule has 4 nitrogen and oxygen atoms in total. The van der Waals surface area contributed by atoms with Crippen molar-refractivity contribution in [3.05, 3.63) is 57.6 Å². The Labute approximate surface area is 144 Å². The van der Waals surface area contributed by atoms with E-state index in [1.807, 2.05) is 39.0 Å². The predicted octanol–water partition coefficient (Wildman–Crippen LogP) is 4.86. The molecule has 0 aromatic heterocycles. The van der Waals surface area contributed by atoms with Gasteiger partial charge in [0.1, 0.15) is 5.75 Å². The third kappa shape index (κ3) is 4.73. The minimum atomic E-state index is -0.913. The van der Waals surface area contributed by atoms with Crippen molar-refractivity contribution in [3.63, 3.8) is 0 Å². The molecule has 5 heteroatoms. The molecule has 2 aromatic carbocycles. The fraction of sp³-hybridized carbons (Fsp3) is 0.278. The van der Waals surface area contributed by atoms with Crippen LogP contribution in [0.15, 0.2) is 40.9 Å². The van der Waals surface area contributed by atoms with Gasteiger partial charge in [0.05, 0.1) is 16.1 Å². The van der Waals surface area contributed by atoms with Crippen LogP contribution in [0.4, 0.5) is 5.69 Å². The summed E-state index contributed by atoms with van der Waals surface area (Å²) < 4.78 is 6.61. The molecule has 0 aliphatic rings. The number of rotatable bonds is 6. The Morgan fingerprint density at radius 2 is 2.00 bits per heavy atom. The Hall–Kier alpha value is -2.01. The number of ether oxygens (including phenoxy) is 1. The van der Waals surface area contributed by atoms with Crippen LogP contribution in [0, 0.1) is 6.92 Å².